The normalized spacial score (nSPS) is 18.9. The number of hydrogen-bond donors (Lipinski definition) is 1. The Morgan fingerprint density at radius 1 is 1.23 bits per heavy atom. The van der Waals surface area contributed by atoms with Crippen LogP contribution < -0.4 is 5.73 Å². The van der Waals surface area contributed by atoms with Crippen LogP contribution >= 0.6 is 12.4 Å². The molecule has 6 nitrogen and oxygen atoms in total. The fraction of sp³-hybridized carbons (Fsp3) is 0.533. The fourth-order valence-corrected chi connectivity index (χ4v) is 3.04. The molecule has 1 aromatic carbocycles. The summed E-state index contributed by atoms with van der Waals surface area (Å²) in [4.78, 5) is 2.44. The first-order chi connectivity index (χ1) is 10.4. The van der Waals surface area contributed by atoms with Gasteiger partial charge in [-0.05, 0) is 60.8 Å². The molecule has 3 rings (SSSR count). The average Bonchev–Trinajstić information content (AvgIpc) is 2.97. The standard InChI is InChI=1S/C15H22N6.ClH/c16-9-8-13-5-4-10-20(11-13)12-15-17-18-19-21(15)14-6-2-1-3-7-14;/h1-3,6-7,13H,4-5,8-12,16H2;1H. The van der Waals surface area contributed by atoms with E-state index in [1.54, 1.807) is 0 Å². The number of para-hydroxylation sites is 1. The average molecular weight is 323 g/mol. The van der Waals surface area contributed by atoms with Crippen molar-refractivity contribution in [3.63, 3.8) is 0 Å². The number of rotatable bonds is 5. The number of piperidine rings is 1. The SMILES string of the molecule is Cl.NCCC1CCCN(Cc2nnnn2-c2ccccc2)C1. The summed E-state index contributed by atoms with van der Waals surface area (Å²) in [5.41, 5.74) is 6.69. The molecule has 2 aromatic rings. The quantitative estimate of drug-likeness (QED) is 0.906. The Hall–Kier alpha value is -1.50. The number of tetrazole rings is 1. The van der Waals surface area contributed by atoms with E-state index in [1.807, 2.05) is 35.0 Å². The fourth-order valence-electron chi connectivity index (χ4n) is 3.04. The predicted octanol–water partition coefficient (Wildman–Crippen LogP) is 1.64. The number of hydrogen-bond acceptors (Lipinski definition) is 5. The zero-order valence-corrected chi connectivity index (χ0v) is 13.5. The van der Waals surface area contributed by atoms with Crippen molar-refractivity contribution in [2.45, 2.75) is 25.8 Å². The maximum Gasteiger partial charge on any atom is 0.170 e. The first kappa shape index (κ1) is 16.9. The molecule has 0 radical (unpaired) electrons. The number of benzene rings is 1. The van der Waals surface area contributed by atoms with Gasteiger partial charge in [0, 0.05) is 6.54 Å². The molecule has 1 unspecified atom stereocenters. The Kier molecular flexibility index (Phi) is 6.30. The number of aromatic nitrogens is 4. The molecular weight excluding hydrogens is 300 g/mol. The van der Waals surface area contributed by atoms with Gasteiger partial charge in [0.25, 0.3) is 0 Å². The molecule has 2 N–H and O–H groups in total. The third-order valence-corrected chi connectivity index (χ3v) is 4.08. The molecule has 1 aromatic heterocycles. The largest absolute Gasteiger partial charge is 0.330 e. The Balaban J connectivity index is 0.00000176. The van der Waals surface area contributed by atoms with Crippen molar-refractivity contribution in [1.82, 2.24) is 25.1 Å². The highest BCUT2D eigenvalue weighted by molar-refractivity contribution is 5.85. The minimum Gasteiger partial charge on any atom is -0.330 e. The highest BCUT2D eigenvalue weighted by Crippen LogP contribution is 2.20. The molecule has 0 spiro atoms. The lowest BCUT2D eigenvalue weighted by molar-refractivity contribution is 0.158. The van der Waals surface area contributed by atoms with Gasteiger partial charge in [0.15, 0.2) is 5.82 Å². The molecule has 0 bridgehead atoms. The van der Waals surface area contributed by atoms with Gasteiger partial charge in [-0.1, -0.05) is 18.2 Å². The summed E-state index contributed by atoms with van der Waals surface area (Å²) < 4.78 is 1.83. The van der Waals surface area contributed by atoms with Crippen LogP contribution in [0.2, 0.25) is 0 Å². The predicted molar refractivity (Wildman–Crippen MR) is 88.1 cm³/mol. The van der Waals surface area contributed by atoms with E-state index in [9.17, 15) is 0 Å². The van der Waals surface area contributed by atoms with E-state index >= 15 is 0 Å². The smallest absolute Gasteiger partial charge is 0.170 e. The minimum atomic E-state index is 0. The molecule has 22 heavy (non-hydrogen) atoms. The molecule has 1 saturated heterocycles. The van der Waals surface area contributed by atoms with Gasteiger partial charge in [-0.3, -0.25) is 4.90 Å². The molecule has 0 amide bonds. The Morgan fingerprint density at radius 3 is 2.82 bits per heavy atom. The maximum absolute atomic E-state index is 5.69. The lowest BCUT2D eigenvalue weighted by Gasteiger charge is -2.32. The highest BCUT2D eigenvalue weighted by atomic mass is 35.5. The van der Waals surface area contributed by atoms with Gasteiger partial charge < -0.3 is 5.73 Å². The highest BCUT2D eigenvalue weighted by Gasteiger charge is 2.21. The van der Waals surface area contributed by atoms with Gasteiger partial charge >= 0.3 is 0 Å². The van der Waals surface area contributed by atoms with Gasteiger partial charge in [-0.15, -0.1) is 17.5 Å². The van der Waals surface area contributed by atoms with E-state index in [0.717, 1.165) is 44.1 Å². The van der Waals surface area contributed by atoms with Crippen molar-refractivity contribution in [3.05, 3.63) is 36.2 Å². The van der Waals surface area contributed by atoms with Crippen molar-refractivity contribution in [1.29, 1.82) is 0 Å². The lowest BCUT2D eigenvalue weighted by Crippen LogP contribution is -2.36. The van der Waals surface area contributed by atoms with E-state index < -0.39 is 0 Å². The Labute approximate surface area is 137 Å². The van der Waals surface area contributed by atoms with Crippen LogP contribution in [0.3, 0.4) is 0 Å². The third kappa shape index (κ3) is 4.03. The molecular formula is C15H23ClN6. The Morgan fingerprint density at radius 2 is 2.05 bits per heavy atom. The first-order valence-corrected chi connectivity index (χ1v) is 7.62. The second kappa shape index (κ2) is 8.22. The first-order valence-electron chi connectivity index (χ1n) is 7.62. The van der Waals surface area contributed by atoms with Crippen LogP contribution in [0.4, 0.5) is 0 Å². The Bertz CT molecular complexity index is 556. The van der Waals surface area contributed by atoms with Crippen LogP contribution in [0, 0.1) is 5.92 Å². The molecule has 1 aliphatic heterocycles. The van der Waals surface area contributed by atoms with E-state index in [4.69, 9.17) is 5.73 Å². The summed E-state index contributed by atoms with van der Waals surface area (Å²) >= 11 is 0. The summed E-state index contributed by atoms with van der Waals surface area (Å²) in [5.74, 6) is 1.61. The van der Waals surface area contributed by atoms with Gasteiger partial charge in [0.2, 0.25) is 0 Å². The molecule has 0 aliphatic carbocycles. The van der Waals surface area contributed by atoms with Crippen molar-refractivity contribution in [2.24, 2.45) is 11.7 Å². The lowest BCUT2D eigenvalue weighted by atomic mass is 9.95. The van der Waals surface area contributed by atoms with Gasteiger partial charge in [0.05, 0.1) is 12.2 Å². The molecule has 7 heteroatoms. The molecule has 1 aliphatic rings. The topological polar surface area (TPSA) is 72.9 Å². The van der Waals surface area contributed by atoms with E-state index in [1.165, 1.54) is 12.8 Å². The summed E-state index contributed by atoms with van der Waals surface area (Å²) in [7, 11) is 0. The van der Waals surface area contributed by atoms with Crippen LogP contribution in [0.1, 0.15) is 25.1 Å². The third-order valence-electron chi connectivity index (χ3n) is 4.08. The molecule has 120 valence electrons. The monoisotopic (exact) mass is 322 g/mol. The van der Waals surface area contributed by atoms with E-state index in [0.29, 0.717) is 5.92 Å². The van der Waals surface area contributed by atoms with Crippen molar-refractivity contribution >= 4 is 12.4 Å². The van der Waals surface area contributed by atoms with E-state index in [-0.39, 0.29) is 12.4 Å². The zero-order chi connectivity index (χ0) is 14.5. The van der Waals surface area contributed by atoms with Gasteiger partial charge in [-0.25, -0.2) is 0 Å². The van der Waals surface area contributed by atoms with Crippen LogP contribution in [0.5, 0.6) is 0 Å². The molecule has 2 heterocycles. The van der Waals surface area contributed by atoms with E-state index in [2.05, 4.69) is 20.4 Å². The van der Waals surface area contributed by atoms with Gasteiger partial charge in [0.1, 0.15) is 0 Å². The summed E-state index contributed by atoms with van der Waals surface area (Å²) in [6.07, 6.45) is 3.63. The summed E-state index contributed by atoms with van der Waals surface area (Å²) in [6.45, 7) is 3.78. The van der Waals surface area contributed by atoms with Crippen LogP contribution in [0.15, 0.2) is 30.3 Å². The number of halogens is 1. The minimum absolute atomic E-state index is 0. The second-order valence-electron chi connectivity index (χ2n) is 5.66. The number of likely N-dealkylation sites (tertiary alicyclic amines) is 1. The van der Waals surface area contributed by atoms with Crippen LogP contribution in [-0.4, -0.2) is 44.7 Å². The van der Waals surface area contributed by atoms with Crippen LogP contribution in [0.25, 0.3) is 5.69 Å². The molecule has 1 fully saturated rings. The zero-order valence-electron chi connectivity index (χ0n) is 12.6. The second-order valence-corrected chi connectivity index (χ2v) is 5.66. The van der Waals surface area contributed by atoms with Crippen molar-refractivity contribution < 1.29 is 0 Å². The molecule has 1 atom stereocenters. The number of nitrogens with zero attached hydrogens (tertiary/aromatic N) is 5. The summed E-state index contributed by atoms with van der Waals surface area (Å²) in [5, 5.41) is 12.1. The molecule has 0 saturated carbocycles. The van der Waals surface area contributed by atoms with Gasteiger partial charge in [-0.2, -0.15) is 4.68 Å². The summed E-state index contributed by atoms with van der Waals surface area (Å²) in [6, 6.07) is 10.0. The van der Waals surface area contributed by atoms with Crippen LogP contribution in [-0.2, 0) is 6.54 Å². The van der Waals surface area contributed by atoms with Crippen molar-refractivity contribution in [3.8, 4) is 5.69 Å². The maximum atomic E-state index is 5.69. The van der Waals surface area contributed by atoms with Crippen molar-refractivity contribution in [2.75, 3.05) is 19.6 Å². The number of nitrogens with two attached hydrogens (primary N) is 1.